The minimum absolute atomic E-state index is 0.0669. The number of nitrogens with one attached hydrogen (secondary N) is 1. The van der Waals surface area contributed by atoms with E-state index in [0.717, 1.165) is 23.8 Å². The number of hydrogen-bond acceptors (Lipinski definition) is 4. The highest BCUT2D eigenvalue weighted by atomic mass is 16.3. The van der Waals surface area contributed by atoms with E-state index >= 15 is 0 Å². The first-order chi connectivity index (χ1) is 10.2. The third kappa shape index (κ3) is 2.75. The van der Waals surface area contributed by atoms with Gasteiger partial charge in [0.1, 0.15) is 17.0 Å². The van der Waals surface area contributed by atoms with Crippen molar-refractivity contribution in [2.45, 2.75) is 26.9 Å². The molecule has 110 valence electrons. The second kappa shape index (κ2) is 5.57. The van der Waals surface area contributed by atoms with E-state index in [4.69, 9.17) is 4.42 Å². The van der Waals surface area contributed by atoms with Crippen LogP contribution in [0.25, 0.3) is 5.52 Å². The molecule has 0 fully saturated rings. The van der Waals surface area contributed by atoms with Crippen molar-refractivity contribution in [3.8, 4) is 0 Å². The van der Waals surface area contributed by atoms with Crippen molar-refractivity contribution in [1.82, 2.24) is 19.5 Å². The fourth-order valence-electron chi connectivity index (χ4n) is 2.29. The lowest BCUT2D eigenvalue weighted by molar-refractivity contribution is 0.438. The summed E-state index contributed by atoms with van der Waals surface area (Å²) in [5.41, 5.74) is 1.34. The molecule has 3 aromatic rings. The molecule has 0 saturated carbocycles. The summed E-state index contributed by atoms with van der Waals surface area (Å²) < 4.78 is 8.95. The summed E-state index contributed by atoms with van der Waals surface area (Å²) in [6.45, 7) is 5.94. The van der Waals surface area contributed by atoms with Crippen molar-refractivity contribution in [3.63, 3.8) is 0 Å². The molecule has 6 nitrogen and oxygen atoms in total. The molecule has 0 aromatic carbocycles. The van der Waals surface area contributed by atoms with Gasteiger partial charge in [-0.05, 0) is 31.7 Å². The van der Waals surface area contributed by atoms with Gasteiger partial charge in [0.2, 0.25) is 0 Å². The molecule has 0 atom stereocenters. The first kappa shape index (κ1) is 13.6. The van der Waals surface area contributed by atoms with Crippen LogP contribution in [-0.2, 0) is 13.1 Å². The summed E-state index contributed by atoms with van der Waals surface area (Å²) in [5.74, 6) is 1.65. The van der Waals surface area contributed by atoms with Crippen LogP contribution in [0.2, 0.25) is 0 Å². The lowest BCUT2D eigenvalue weighted by Gasteiger charge is -2.04. The number of furan rings is 1. The molecule has 0 unspecified atom stereocenters. The molecule has 3 aromatic heterocycles. The van der Waals surface area contributed by atoms with E-state index in [0.29, 0.717) is 18.6 Å². The van der Waals surface area contributed by atoms with Gasteiger partial charge < -0.3 is 14.3 Å². The molecular weight excluding hydrogens is 268 g/mol. The molecule has 21 heavy (non-hydrogen) atoms. The average Bonchev–Trinajstić information content (AvgIpc) is 3.06. The van der Waals surface area contributed by atoms with Crippen LogP contribution in [0.4, 0.5) is 0 Å². The van der Waals surface area contributed by atoms with E-state index in [2.05, 4.69) is 10.4 Å². The quantitative estimate of drug-likeness (QED) is 0.773. The largest absolute Gasteiger partial charge is 0.463 e. The molecule has 0 bridgehead atoms. The van der Waals surface area contributed by atoms with Crippen LogP contribution in [-0.4, -0.2) is 20.7 Å². The second-order valence-electron chi connectivity index (χ2n) is 5.00. The number of nitrogens with zero attached hydrogens (tertiary/aromatic N) is 3. The van der Waals surface area contributed by atoms with E-state index < -0.39 is 0 Å². The Morgan fingerprint density at radius 3 is 2.90 bits per heavy atom. The predicted octanol–water partition coefficient (Wildman–Crippen LogP) is 1.56. The van der Waals surface area contributed by atoms with Crippen LogP contribution in [0.15, 0.2) is 39.8 Å². The number of fused-ring (bicyclic) bond motifs is 1. The van der Waals surface area contributed by atoms with Gasteiger partial charge in [0.15, 0.2) is 0 Å². The first-order valence-electron chi connectivity index (χ1n) is 7.01. The summed E-state index contributed by atoms with van der Waals surface area (Å²) in [7, 11) is 0. The van der Waals surface area contributed by atoms with E-state index in [1.54, 1.807) is 27.5 Å². The maximum Gasteiger partial charge on any atom is 0.276 e. The normalized spacial score (nSPS) is 11.3. The molecule has 0 amide bonds. The number of aryl methyl sites for hydroxylation is 1. The Bertz CT molecular complexity index is 813. The van der Waals surface area contributed by atoms with Gasteiger partial charge in [-0.15, -0.1) is 0 Å². The highest BCUT2D eigenvalue weighted by molar-refractivity contribution is 5.44. The van der Waals surface area contributed by atoms with Crippen molar-refractivity contribution in [2.24, 2.45) is 0 Å². The summed E-state index contributed by atoms with van der Waals surface area (Å²) in [5, 5.41) is 7.44. The summed E-state index contributed by atoms with van der Waals surface area (Å²) in [4.78, 5) is 12.4. The maximum absolute atomic E-state index is 12.4. The van der Waals surface area contributed by atoms with E-state index in [-0.39, 0.29) is 5.56 Å². The average molecular weight is 286 g/mol. The van der Waals surface area contributed by atoms with Crippen molar-refractivity contribution in [1.29, 1.82) is 0 Å². The first-order valence-corrected chi connectivity index (χ1v) is 7.01. The maximum atomic E-state index is 12.4. The van der Waals surface area contributed by atoms with Crippen molar-refractivity contribution >= 4 is 5.52 Å². The SMILES string of the molecule is CCNCc1ccc(Cn2ccn3nc(C)cc3c2=O)o1. The van der Waals surface area contributed by atoms with Gasteiger partial charge in [0.25, 0.3) is 5.56 Å². The number of hydrogen-bond donors (Lipinski definition) is 1. The van der Waals surface area contributed by atoms with Crippen LogP contribution in [0.5, 0.6) is 0 Å². The standard InChI is InChI=1S/C15H18N4O2/c1-3-16-9-12-4-5-13(21-12)10-18-6-7-19-14(15(18)20)8-11(2)17-19/h4-8,16H,3,9-10H2,1-2H3. The van der Waals surface area contributed by atoms with E-state index in [9.17, 15) is 4.79 Å². The Balaban J connectivity index is 1.86. The van der Waals surface area contributed by atoms with Gasteiger partial charge in [-0.3, -0.25) is 4.79 Å². The lowest BCUT2D eigenvalue weighted by atomic mass is 10.4. The lowest BCUT2D eigenvalue weighted by Crippen LogP contribution is -2.21. The topological polar surface area (TPSA) is 64.5 Å². The zero-order chi connectivity index (χ0) is 14.8. The highest BCUT2D eigenvalue weighted by Crippen LogP contribution is 2.09. The minimum atomic E-state index is -0.0669. The Labute approximate surface area is 122 Å². The summed E-state index contributed by atoms with van der Waals surface area (Å²) in [6, 6.07) is 5.63. The highest BCUT2D eigenvalue weighted by Gasteiger charge is 2.08. The second-order valence-corrected chi connectivity index (χ2v) is 5.00. The van der Waals surface area contributed by atoms with Gasteiger partial charge in [0, 0.05) is 12.4 Å². The van der Waals surface area contributed by atoms with Gasteiger partial charge >= 0.3 is 0 Å². The molecule has 0 aliphatic heterocycles. The van der Waals surface area contributed by atoms with Crippen LogP contribution in [0.1, 0.15) is 24.1 Å². The van der Waals surface area contributed by atoms with Crippen molar-refractivity contribution < 1.29 is 4.42 Å². The monoisotopic (exact) mass is 286 g/mol. The number of rotatable bonds is 5. The Hall–Kier alpha value is -2.34. The molecule has 0 aliphatic rings. The fourth-order valence-corrected chi connectivity index (χ4v) is 2.29. The van der Waals surface area contributed by atoms with Gasteiger partial charge in [0.05, 0.1) is 18.8 Å². The third-order valence-electron chi connectivity index (χ3n) is 3.32. The zero-order valence-electron chi connectivity index (χ0n) is 12.2. The van der Waals surface area contributed by atoms with Crippen LogP contribution in [0.3, 0.4) is 0 Å². The minimum Gasteiger partial charge on any atom is -0.463 e. The van der Waals surface area contributed by atoms with Crippen LogP contribution >= 0.6 is 0 Å². The molecule has 0 aliphatic carbocycles. The van der Waals surface area contributed by atoms with E-state index in [1.807, 2.05) is 26.0 Å². The fraction of sp³-hybridized carbons (Fsp3) is 0.333. The molecule has 0 saturated heterocycles. The third-order valence-corrected chi connectivity index (χ3v) is 3.32. The Morgan fingerprint density at radius 2 is 2.10 bits per heavy atom. The van der Waals surface area contributed by atoms with Gasteiger partial charge in [-0.25, -0.2) is 4.52 Å². The molecule has 3 heterocycles. The van der Waals surface area contributed by atoms with Crippen molar-refractivity contribution in [2.75, 3.05) is 6.54 Å². The van der Waals surface area contributed by atoms with Gasteiger partial charge in [-0.1, -0.05) is 6.92 Å². The molecular formula is C15H18N4O2. The summed E-state index contributed by atoms with van der Waals surface area (Å²) >= 11 is 0. The van der Waals surface area contributed by atoms with E-state index in [1.165, 1.54) is 0 Å². The zero-order valence-corrected chi connectivity index (χ0v) is 12.2. The molecule has 0 spiro atoms. The number of aromatic nitrogens is 3. The van der Waals surface area contributed by atoms with Crippen LogP contribution in [0, 0.1) is 6.92 Å². The molecule has 0 radical (unpaired) electrons. The summed E-state index contributed by atoms with van der Waals surface area (Å²) in [6.07, 6.45) is 3.51. The van der Waals surface area contributed by atoms with Gasteiger partial charge in [-0.2, -0.15) is 5.10 Å². The molecule has 6 heteroatoms. The Morgan fingerprint density at radius 1 is 1.29 bits per heavy atom. The van der Waals surface area contributed by atoms with Crippen molar-refractivity contribution in [3.05, 3.63) is 58.2 Å². The molecule has 1 N–H and O–H groups in total. The smallest absolute Gasteiger partial charge is 0.276 e. The molecule has 3 rings (SSSR count). The Kier molecular flexibility index (Phi) is 3.62. The predicted molar refractivity (Wildman–Crippen MR) is 79.4 cm³/mol. The van der Waals surface area contributed by atoms with Crippen LogP contribution < -0.4 is 10.9 Å².